The number of hydrogen-bond acceptors (Lipinski definition) is 9. The first-order valence-electron chi connectivity index (χ1n) is 10.9. The third-order valence-electron chi connectivity index (χ3n) is 5.31. The quantitative estimate of drug-likeness (QED) is 0.146. The number of para-hydroxylation sites is 1. The fourth-order valence-corrected chi connectivity index (χ4v) is 4.40. The molecule has 0 saturated carbocycles. The fraction of sp³-hybridized carbons (Fsp3) is 0.208. The number of furan rings is 1. The number of thioether (sulfide) groups is 1. The molecule has 3 heterocycles. The number of anilines is 1. The van der Waals surface area contributed by atoms with Gasteiger partial charge in [0, 0.05) is 34.7 Å². The van der Waals surface area contributed by atoms with E-state index in [1.54, 1.807) is 23.9 Å². The maximum absolute atomic E-state index is 10.9. The van der Waals surface area contributed by atoms with E-state index in [0.29, 0.717) is 28.3 Å². The molecule has 4 aromatic rings. The molecule has 9 nitrogen and oxygen atoms in total. The van der Waals surface area contributed by atoms with E-state index in [2.05, 4.69) is 27.4 Å². The lowest BCUT2D eigenvalue weighted by Crippen LogP contribution is -2.16. The Bertz CT molecular complexity index is 1330. The van der Waals surface area contributed by atoms with E-state index in [4.69, 9.17) is 9.15 Å². The predicted octanol–water partition coefficient (Wildman–Crippen LogP) is 6.10. The molecule has 5 rings (SSSR count). The van der Waals surface area contributed by atoms with E-state index < -0.39 is 11.2 Å². The van der Waals surface area contributed by atoms with Crippen LogP contribution in [0.2, 0.25) is 0 Å². The summed E-state index contributed by atoms with van der Waals surface area (Å²) in [6.07, 6.45) is 1.51. The van der Waals surface area contributed by atoms with Crippen LogP contribution in [0.3, 0.4) is 0 Å². The van der Waals surface area contributed by atoms with Gasteiger partial charge in [-0.05, 0) is 36.8 Å². The molecule has 0 spiro atoms. The maximum Gasteiger partial charge on any atom is 0.269 e. The van der Waals surface area contributed by atoms with Crippen LogP contribution in [0.25, 0.3) is 22.6 Å². The van der Waals surface area contributed by atoms with Gasteiger partial charge >= 0.3 is 0 Å². The van der Waals surface area contributed by atoms with Gasteiger partial charge in [0.05, 0.1) is 4.92 Å². The number of unbranched alkanes of at least 4 members (excludes halogenated alkanes) is 1. The predicted molar refractivity (Wildman–Crippen MR) is 129 cm³/mol. The number of rotatable bonds is 7. The number of nitro benzene ring substituents is 1. The number of non-ortho nitro benzene ring substituents is 1. The number of nitrogens with zero attached hydrogens (tertiary/aromatic N) is 4. The normalized spacial score (nSPS) is 14.3. The molecular formula is C24H21N5O4S. The number of hydrogen-bond donors (Lipinski definition) is 1. The van der Waals surface area contributed by atoms with Crippen molar-refractivity contribution in [3.8, 4) is 28.5 Å². The lowest BCUT2D eigenvalue weighted by Gasteiger charge is -2.16. The monoisotopic (exact) mass is 475 g/mol. The van der Waals surface area contributed by atoms with Gasteiger partial charge in [-0.2, -0.15) is 4.98 Å². The number of ether oxygens (including phenoxy) is 1. The molecule has 172 valence electrons. The largest absolute Gasteiger partial charge is 0.455 e. The molecule has 0 aliphatic carbocycles. The van der Waals surface area contributed by atoms with Gasteiger partial charge < -0.3 is 14.5 Å². The smallest absolute Gasteiger partial charge is 0.269 e. The van der Waals surface area contributed by atoms with Gasteiger partial charge in [0.1, 0.15) is 5.76 Å². The van der Waals surface area contributed by atoms with E-state index in [1.165, 1.54) is 12.1 Å². The number of aromatic nitrogens is 3. The summed E-state index contributed by atoms with van der Waals surface area (Å²) in [6, 6.07) is 17.6. The van der Waals surface area contributed by atoms with Crippen LogP contribution in [-0.2, 0) is 0 Å². The van der Waals surface area contributed by atoms with Gasteiger partial charge in [-0.3, -0.25) is 10.1 Å². The number of nitro groups is 1. The fourth-order valence-electron chi connectivity index (χ4n) is 3.54. The van der Waals surface area contributed by atoms with Crippen molar-refractivity contribution in [1.82, 2.24) is 15.2 Å². The Morgan fingerprint density at radius 1 is 1.09 bits per heavy atom. The molecule has 0 bridgehead atoms. The highest BCUT2D eigenvalue weighted by Gasteiger charge is 2.28. The first kappa shape index (κ1) is 21.9. The van der Waals surface area contributed by atoms with Gasteiger partial charge in [-0.1, -0.05) is 43.3 Å². The van der Waals surface area contributed by atoms with Crippen molar-refractivity contribution in [3.63, 3.8) is 0 Å². The topological polar surface area (TPSA) is 116 Å². The molecule has 1 unspecified atom stereocenters. The van der Waals surface area contributed by atoms with Gasteiger partial charge in [0.15, 0.2) is 11.5 Å². The molecule has 1 aliphatic heterocycles. The molecular weight excluding hydrogens is 454 g/mol. The molecule has 10 heteroatoms. The van der Waals surface area contributed by atoms with E-state index >= 15 is 0 Å². The summed E-state index contributed by atoms with van der Waals surface area (Å²) in [7, 11) is 0. The Kier molecular flexibility index (Phi) is 6.13. The van der Waals surface area contributed by atoms with E-state index in [9.17, 15) is 10.1 Å². The van der Waals surface area contributed by atoms with Crippen molar-refractivity contribution in [3.05, 3.63) is 76.5 Å². The van der Waals surface area contributed by atoms with Gasteiger partial charge in [0.25, 0.3) is 5.69 Å². The summed E-state index contributed by atoms with van der Waals surface area (Å²) in [4.78, 5) is 15.1. The van der Waals surface area contributed by atoms with Crippen molar-refractivity contribution in [2.75, 3.05) is 11.1 Å². The molecule has 1 aliphatic rings. The number of nitrogens with one attached hydrogen (secondary N) is 1. The molecule has 1 N–H and O–H groups in total. The molecule has 34 heavy (non-hydrogen) atoms. The minimum atomic E-state index is -0.653. The summed E-state index contributed by atoms with van der Waals surface area (Å²) in [6.45, 7) is 2.14. The van der Waals surface area contributed by atoms with Gasteiger partial charge in [-0.15, -0.1) is 10.2 Å². The van der Waals surface area contributed by atoms with E-state index in [-0.39, 0.29) is 5.69 Å². The van der Waals surface area contributed by atoms with Crippen LogP contribution < -0.4 is 10.1 Å². The average molecular weight is 476 g/mol. The Labute approximate surface area is 199 Å². The summed E-state index contributed by atoms with van der Waals surface area (Å²) < 4.78 is 12.3. The average Bonchev–Trinajstić information content (AvgIpc) is 3.29. The van der Waals surface area contributed by atoms with E-state index in [0.717, 1.165) is 35.4 Å². The van der Waals surface area contributed by atoms with Crippen molar-refractivity contribution >= 4 is 23.1 Å². The van der Waals surface area contributed by atoms with Gasteiger partial charge in [-0.25, -0.2) is 0 Å². The highest BCUT2D eigenvalue weighted by molar-refractivity contribution is 7.99. The molecule has 2 aromatic carbocycles. The minimum Gasteiger partial charge on any atom is -0.455 e. The van der Waals surface area contributed by atoms with Crippen molar-refractivity contribution < 1.29 is 14.1 Å². The van der Waals surface area contributed by atoms with E-state index in [1.807, 2.05) is 36.4 Å². The van der Waals surface area contributed by atoms with Crippen LogP contribution >= 0.6 is 11.8 Å². The van der Waals surface area contributed by atoms with Crippen LogP contribution in [0.5, 0.6) is 5.88 Å². The number of benzene rings is 2. The van der Waals surface area contributed by atoms with Crippen LogP contribution in [0.4, 0.5) is 11.4 Å². The van der Waals surface area contributed by atoms with Gasteiger partial charge in [0.2, 0.25) is 17.3 Å². The van der Waals surface area contributed by atoms with Crippen molar-refractivity contribution in [2.45, 2.75) is 31.1 Å². The Hall–Kier alpha value is -3.92. The highest BCUT2D eigenvalue weighted by atomic mass is 32.2. The maximum atomic E-state index is 10.9. The summed E-state index contributed by atoms with van der Waals surface area (Å²) in [5.74, 6) is 2.40. The first-order valence-corrected chi connectivity index (χ1v) is 11.9. The molecule has 2 aromatic heterocycles. The van der Waals surface area contributed by atoms with Crippen LogP contribution in [0.1, 0.15) is 31.8 Å². The Morgan fingerprint density at radius 2 is 1.91 bits per heavy atom. The SMILES string of the molecule is CCCCSc1nnc2c(n1)OC(c1ccc(-c3ccc([N+](=O)[O-])cc3)o1)Nc1ccccc1-2. The Morgan fingerprint density at radius 3 is 2.71 bits per heavy atom. The molecule has 0 saturated heterocycles. The number of fused-ring (bicyclic) bond motifs is 3. The zero-order valence-electron chi connectivity index (χ0n) is 18.3. The lowest BCUT2D eigenvalue weighted by atomic mass is 10.1. The van der Waals surface area contributed by atoms with Crippen LogP contribution in [0, 0.1) is 10.1 Å². The second-order valence-corrected chi connectivity index (χ2v) is 8.71. The second kappa shape index (κ2) is 9.52. The van der Waals surface area contributed by atoms with Crippen LogP contribution in [0.15, 0.2) is 70.2 Å². The molecule has 1 atom stereocenters. The zero-order chi connectivity index (χ0) is 23.5. The third kappa shape index (κ3) is 4.44. The minimum absolute atomic E-state index is 0.0253. The summed E-state index contributed by atoms with van der Waals surface area (Å²) >= 11 is 1.55. The molecule has 0 radical (unpaired) electrons. The molecule has 0 amide bonds. The third-order valence-corrected chi connectivity index (χ3v) is 6.23. The summed E-state index contributed by atoms with van der Waals surface area (Å²) in [5, 5.41) is 23.6. The zero-order valence-corrected chi connectivity index (χ0v) is 19.1. The standard InChI is InChI=1S/C24H21N5O4S/c1-2-3-14-34-24-26-23-21(27-28-24)17-6-4-5-7-18(17)25-22(33-23)20-13-12-19(32-20)15-8-10-16(11-9-15)29(30)31/h4-13,22,25H,2-3,14H2,1H3. The van der Waals surface area contributed by atoms with Crippen molar-refractivity contribution in [2.24, 2.45) is 0 Å². The Balaban J connectivity index is 1.47. The van der Waals surface area contributed by atoms with Crippen LogP contribution in [-0.4, -0.2) is 25.9 Å². The highest BCUT2D eigenvalue weighted by Crippen LogP contribution is 2.40. The second-order valence-electron chi connectivity index (χ2n) is 7.64. The molecule has 0 fully saturated rings. The summed E-state index contributed by atoms with van der Waals surface area (Å²) in [5.41, 5.74) is 2.98. The lowest BCUT2D eigenvalue weighted by molar-refractivity contribution is -0.384. The first-order chi connectivity index (χ1) is 16.6. The van der Waals surface area contributed by atoms with Crippen molar-refractivity contribution in [1.29, 1.82) is 0 Å².